The van der Waals surface area contributed by atoms with Crippen LogP contribution in [0.3, 0.4) is 0 Å². The van der Waals surface area contributed by atoms with Gasteiger partial charge in [0.05, 0.1) is 0 Å². The van der Waals surface area contributed by atoms with Gasteiger partial charge >= 0.3 is 0 Å². The van der Waals surface area contributed by atoms with Crippen LogP contribution in [-0.4, -0.2) is 4.98 Å². The molecule has 1 aliphatic heterocycles. The Bertz CT molecular complexity index is 958. The Morgan fingerprint density at radius 1 is 0.870 bits per heavy atom. The topological polar surface area (TPSA) is 22.1 Å². The molecule has 0 saturated carbocycles. The number of fused-ring (bicyclic) bond motifs is 3. The van der Waals surface area contributed by atoms with Crippen molar-refractivity contribution in [3.05, 3.63) is 77.9 Å². The van der Waals surface area contributed by atoms with E-state index in [-0.39, 0.29) is 0 Å². The third-order valence-corrected chi connectivity index (χ3v) is 5.26. The minimum Gasteiger partial charge on any atom is -0.438 e. The first kappa shape index (κ1) is 12.9. The van der Waals surface area contributed by atoms with Crippen LogP contribution in [-0.2, 0) is 6.42 Å². The summed E-state index contributed by atoms with van der Waals surface area (Å²) < 4.78 is 6.00. The zero-order chi connectivity index (χ0) is 15.2. The van der Waals surface area contributed by atoms with Crippen molar-refractivity contribution in [2.24, 2.45) is 0 Å². The van der Waals surface area contributed by atoms with Gasteiger partial charge in [-0.3, -0.25) is 0 Å². The van der Waals surface area contributed by atoms with Gasteiger partial charge in [0.1, 0.15) is 10.6 Å². The maximum atomic E-state index is 6.00. The molecule has 0 saturated heterocycles. The summed E-state index contributed by atoms with van der Waals surface area (Å²) in [5.74, 6) is 1.67. The molecule has 0 N–H and O–H groups in total. The highest BCUT2D eigenvalue weighted by atomic mass is 32.1. The van der Waals surface area contributed by atoms with E-state index in [1.165, 1.54) is 21.4 Å². The lowest BCUT2D eigenvalue weighted by molar-refractivity contribution is 0.443. The molecule has 0 amide bonds. The number of benzene rings is 2. The van der Waals surface area contributed by atoms with Crippen LogP contribution in [0.25, 0.3) is 20.7 Å². The van der Waals surface area contributed by atoms with Gasteiger partial charge < -0.3 is 4.74 Å². The predicted octanol–water partition coefficient (Wildman–Crippen LogP) is 5.66. The molecule has 0 aliphatic carbocycles. The third-order valence-electron chi connectivity index (χ3n) is 4.17. The first-order chi connectivity index (χ1) is 11.4. The summed E-state index contributed by atoms with van der Waals surface area (Å²) in [6.07, 6.45) is 0.880. The quantitative estimate of drug-likeness (QED) is 0.398. The number of hydrogen-bond donors (Lipinski definition) is 0. The maximum Gasteiger partial charge on any atom is 0.224 e. The summed E-state index contributed by atoms with van der Waals surface area (Å²) in [4.78, 5) is 7.03. The van der Waals surface area contributed by atoms with Crippen molar-refractivity contribution in [1.29, 1.82) is 0 Å². The number of rotatable bonds is 1. The molecular formula is C20H13NOS. The highest BCUT2D eigenvalue weighted by Gasteiger charge is 2.19. The van der Waals surface area contributed by atoms with Gasteiger partial charge in [-0.1, -0.05) is 48.5 Å². The molecule has 23 heavy (non-hydrogen) atoms. The van der Waals surface area contributed by atoms with Gasteiger partial charge in [-0.2, -0.15) is 0 Å². The van der Waals surface area contributed by atoms with Gasteiger partial charge in [0.2, 0.25) is 5.88 Å². The Labute approximate surface area is 138 Å². The first-order valence-electron chi connectivity index (χ1n) is 7.61. The largest absolute Gasteiger partial charge is 0.438 e. The molecule has 0 bridgehead atoms. The second-order valence-corrected chi connectivity index (χ2v) is 6.74. The lowest BCUT2D eigenvalue weighted by Gasteiger charge is -2.18. The average molecular weight is 315 g/mol. The fourth-order valence-electron chi connectivity index (χ4n) is 3.02. The Morgan fingerprint density at radius 3 is 2.61 bits per heavy atom. The van der Waals surface area contributed by atoms with Crippen LogP contribution < -0.4 is 4.74 Å². The molecule has 0 atom stereocenters. The SMILES string of the molecule is c1ccc(-c2cc3cc4c(nc3s2)Oc2ccccc2C4)cc1. The summed E-state index contributed by atoms with van der Waals surface area (Å²) in [6.45, 7) is 0. The Balaban J connectivity index is 1.64. The number of ether oxygens (including phenoxy) is 1. The molecule has 5 rings (SSSR count). The van der Waals surface area contributed by atoms with Crippen molar-refractivity contribution in [2.45, 2.75) is 6.42 Å². The first-order valence-corrected chi connectivity index (χ1v) is 8.43. The normalized spacial score (nSPS) is 12.5. The average Bonchev–Trinajstić information content (AvgIpc) is 3.01. The van der Waals surface area contributed by atoms with E-state index in [9.17, 15) is 0 Å². The summed E-state index contributed by atoms with van der Waals surface area (Å²) in [7, 11) is 0. The van der Waals surface area contributed by atoms with Crippen LogP contribution in [0.15, 0.2) is 66.7 Å². The van der Waals surface area contributed by atoms with Crippen LogP contribution in [0.1, 0.15) is 11.1 Å². The van der Waals surface area contributed by atoms with Gasteiger partial charge in [-0.25, -0.2) is 4.98 Å². The molecular weight excluding hydrogens is 302 g/mol. The van der Waals surface area contributed by atoms with Crippen molar-refractivity contribution >= 4 is 21.6 Å². The fraction of sp³-hybridized carbons (Fsp3) is 0.0500. The van der Waals surface area contributed by atoms with Crippen molar-refractivity contribution < 1.29 is 4.74 Å². The zero-order valence-corrected chi connectivity index (χ0v) is 13.1. The second kappa shape index (κ2) is 4.93. The Kier molecular flexibility index (Phi) is 2.76. The number of pyridine rings is 1. The molecule has 4 aromatic rings. The van der Waals surface area contributed by atoms with Gasteiger partial charge in [0.25, 0.3) is 0 Å². The van der Waals surface area contributed by atoms with Crippen LogP contribution in [0.4, 0.5) is 0 Å². The van der Waals surface area contributed by atoms with Gasteiger partial charge in [0, 0.05) is 22.2 Å². The lowest BCUT2D eigenvalue weighted by Crippen LogP contribution is -2.04. The molecule has 3 heteroatoms. The summed E-state index contributed by atoms with van der Waals surface area (Å²) in [5.41, 5.74) is 3.62. The van der Waals surface area contributed by atoms with Crippen molar-refractivity contribution in [1.82, 2.24) is 4.98 Å². The van der Waals surface area contributed by atoms with Crippen molar-refractivity contribution in [3.63, 3.8) is 0 Å². The number of thiophene rings is 1. The van der Waals surface area contributed by atoms with Gasteiger partial charge in [0.15, 0.2) is 0 Å². The highest BCUT2D eigenvalue weighted by molar-refractivity contribution is 7.21. The van der Waals surface area contributed by atoms with E-state index in [2.05, 4.69) is 48.5 Å². The summed E-state index contributed by atoms with van der Waals surface area (Å²) in [5, 5.41) is 1.19. The number of aromatic nitrogens is 1. The monoisotopic (exact) mass is 315 g/mol. The summed E-state index contributed by atoms with van der Waals surface area (Å²) >= 11 is 1.71. The number of hydrogen-bond acceptors (Lipinski definition) is 3. The fourth-order valence-corrected chi connectivity index (χ4v) is 4.03. The van der Waals surface area contributed by atoms with E-state index in [0.29, 0.717) is 0 Å². The van der Waals surface area contributed by atoms with Crippen LogP contribution >= 0.6 is 11.3 Å². The second-order valence-electron chi connectivity index (χ2n) is 5.71. The molecule has 1 aliphatic rings. The number of nitrogens with zero attached hydrogens (tertiary/aromatic N) is 1. The minimum absolute atomic E-state index is 0.748. The zero-order valence-electron chi connectivity index (χ0n) is 12.3. The van der Waals surface area contributed by atoms with Crippen LogP contribution in [0, 0.1) is 0 Å². The van der Waals surface area contributed by atoms with Crippen LogP contribution in [0.2, 0.25) is 0 Å². The Hall–Kier alpha value is -2.65. The minimum atomic E-state index is 0.748. The molecule has 0 radical (unpaired) electrons. The van der Waals surface area contributed by atoms with E-state index in [4.69, 9.17) is 9.72 Å². The van der Waals surface area contributed by atoms with E-state index >= 15 is 0 Å². The maximum absolute atomic E-state index is 6.00. The highest BCUT2D eigenvalue weighted by Crippen LogP contribution is 2.40. The lowest BCUT2D eigenvalue weighted by atomic mass is 10.0. The molecule has 2 aromatic carbocycles. The molecule has 2 nitrogen and oxygen atoms in total. The number of para-hydroxylation sites is 1. The van der Waals surface area contributed by atoms with E-state index < -0.39 is 0 Å². The smallest absolute Gasteiger partial charge is 0.224 e. The molecule has 2 aromatic heterocycles. The Morgan fingerprint density at radius 2 is 1.70 bits per heavy atom. The van der Waals surface area contributed by atoms with Crippen LogP contribution in [0.5, 0.6) is 11.6 Å². The van der Waals surface area contributed by atoms with E-state index in [1.807, 2.05) is 18.2 Å². The van der Waals surface area contributed by atoms with Gasteiger partial charge in [-0.05, 0) is 29.3 Å². The predicted molar refractivity (Wildman–Crippen MR) is 94.4 cm³/mol. The van der Waals surface area contributed by atoms with Crippen molar-refractivity contribution in [2.75, 3.05) is 0 Å². The van der Waals surface area contributed by atoms with Gasteiger partial charge in [-0.15, -0.1) is 11.3 Å². The molecule has 0 spiro atoms. The molecule has 3 heterocycles. The standard InChI is InChI=1S/C20H13NOS/c1-2-6-13(7-3-1)18-12-16-11-15-10-14-8-4-5-9-17(14)22-19(15)21-20(16)23-18/h1-9,11-12H,10H2. The third kappa shape index (κ3) is 2.13. The molecule has 0 fully saturated rings. The van der Waals surface area contributed by atoms with Crippen molar-refractivity contribution in [3.8, 4) is 22.1 Å². The van der Waals surface area contributed by atoms with E-state index in [0.717, 1.165) is 28.4 Å². The molecule has 0 unspecified atom stereocenters. The van der Waals surface area contributed by atoms with E-state index in [1.54, 1.807) is 11.3 Å². The summed E-state index contributed by atoms with van der Waals surface area (Å²) in [6, 6.07) is 23.1. The molecule has 110 valence electrons.